The van der Waals surface area contributed by atoms with Gasteiger partial charge < -0.3 is 24.8 Å². The van der Waals surface area contributed by atoms with Crippen molar-refractivity contribution in [3.8, 4) is 11.5 Å². The monoisotopic (exact) mass is 426 g/mol. The lowest BCUT2D eigenvalue weighted by Gasteiger charge is -2.33. The van der Waals surface area contributed by atoms with Crippen molar-refractivity contribution in [3.05, 3.63) is 59.0 Å². The van der Waals surface area contributed by atoms with Crippen molar-refractivity contribution in [2.45, 2.75) is 6.10 Å². The number of nitrogens with zero attached hydrogens (tertiary/aromatic N) is 1. The summed E-state index contributed by atoms with van der Waals surface area (Å²) in [4.78, 5) is 27.0. The number of hydrogen-bond acceptors (Lipinski definition) is 6. The van der Waals surface area contributed by atoms with E-state index in [1.807, 2.05) is 36.4 Å². The molecule has 156 valence electrons. The molecule has 1 aliphatic heterocycles. The van der Waals surface area contributed by atoms with Crippen molar-refractivity contribution in [1.29, 1.82) is 0 Å². The Morgan fingerprint density at radius 1 is 1.17 bits per heavy atom. The average Bonchev–Trinajstić information content (AvgIpc) is 3.18. The number of methoxy groups -OCH3 is 1. The molecule has 2 N–H and O–H groups in total. The van der Waals surface area contributed by atoms with Crippen molar-refractivity contribution in [1.82, 2.24) is 4.90 Å². The van der Waals surface area contributed by atoms with Gasteiger partial charge in [-0.1, -0.05) is 30.3 Å². The van der Waals surface area contributed by atoms with Gasteiger partial charge in [0.1, 0.15) is 6.10 Å². The third-order valence-electron chi connectivity index (χ3n) is 5.02. The molecule has 3 aromatic rings. The zero-order chi connectivity index (χ0) is 21.1. The number of ether oxygens (including phenoxy) is 3. The molecule has 2 aromatic carbocycles. The third-order valence-corrected chi connectivity index (χ3v) is 6.22. The summed E-state index contributed by atoms with van der Waals surface area (Å²) >= 11 is 1.35. The SMILES string of the molecule is COc1ccccc1OCC(=O)N1CCO[C@@H](c2c(C(N)=O)sc3ccccc23)C1. The Morgan fingerprint density at radius 3 is 2.67 bits per heavy atom. The van der Waals surface area contributed by atoms with Gasteiger partial charge in [0.05, 0.1) is 25.1 Å². The number of para-hydroxylation sites is 2. The van der Waals surface area contributed by atoms with Gasteiger partial charge in [-0.05, 0) is 23.6 Å². The van der Waals surface area contributed by atoms with E-state index in [-0.39, 0.29) is 12.5 Å². The van der Waals surface area contributed by atoms with Gasteiger partial charge in [-0.3, -0.25) is 9.59 Å². The van der Waals surface area contributed by atoms with E-state index in [1.165, 1.54) is 11.3 Å². The van der Waals surface area contributed by atoms with E-state index in [2.05, 4.69) is 0 Å². The van der Waals surface area contributed by atoms with E-state index in [4.69, 9.17) is 19.9 Å². The van der Waals surface area contributed by atoms with Crippen molar-refractivity contribution in [2.24, 2.45) is 5.73 Å². The van der Waals surface area contributed by atoms with Gasteiger partial charge in [0.15, 0.2) is 18.1 Å². The minimum absolute atomic E-state index is 0.111. The van der Waals surface area contributed by atoms with Crippen molar-refractivity contribution < 1.29 is 23.8 Å². The number of carbonyl (C=O) groups excluding carboxylic acids is 2. The largest absolute Gasteiger partial charge is 0.493 e. The molecule has 8 heteroatoms. The Bertz CT molecular complexity index is 1080. The molecule has 0 radical (unpaired) electrons. The van der Waals surface area contributed by atoms with Gasteiger partial charge in [0.2, 0.25) is 0 Å². The second-order valence-electron chi connectivity index (χ2n) is 6.84. The van der Waals surface area contributed by atoms with Crippen LogP contribution in [0.3, 0.4) is 0 Å². The molecule has 1 aromatic heterocycles. The Hall–Kier alpha value is -3.10. The minimum Gasteiger partial charge on any atom is -0.493 e. The van der Waals surface area contributed by atoms with Crippen LogP contribution in [0.4, 0.5) is 0 Å². The maximum Gasteiger partial charge on any atom is 0.260 e. The smallest absolute Gasteiger partial charge is 0.260 e. The molecular formula is C22H22N2O5S. The van der Waals surface area contributed by atoms with Crippen molar-refractivity contribution >= 4 is 33.2 Å². The summed E-state index contributed by atoms with van der Waals surface area (Å²) in [7, 11) is 1.55. The van der Waals surface area contributed by atoms with E-state index in [1.54, 1.807) is 24.1 Å². The summed E-state index contributed by atoms with van der Waals surface area (Å²) in [5.41, 5.74) is 6.38. The first-order chi connectivity index (χ1) is 14.6. The average molecular weight is 426 g/mol. The summed E-state index contributed by atoms with van der Waals surface area (Å²) in [6.45, 7) is 1.04. The van der Waals surface area contributed by atoms with Crippen LogP contribution in [-0.2, 0) is 9.53 Å². The molecule has 1 saturated heterocycles. The summed E-state index contributed by atoms with van der Waals surface area (Å²) in [5, 5.41) is 0.931. The molecule has 1 atom stereocenters. The molecule has 2 amide bonds. The number of amides is 2. The van der Waals surface area contributed by atoms with Crippen LogP contribution in [0.2, 0.25) is 0 Å². The Balaban J connectivity index is 1.51. The van der Waals surface area contributed by atoms with Crippen LogP contribution in [0, 0.1) is 0 Å². The zero-order valence-electron chi connectivity index (χ0n) is 16.5. The van der Waals surface area contributed by atoms with Crippen LogP contribution < -0.4 is 15.2 Å². The lowest BCUT2D eigenvalue weighted by atomic mass is 10.0. The molecule has 0 bridgehead atoms. The van der Waals surface area contributed by atoms with Gasteiger partial charge in [0, 0.05) is 16.8 Å². The number of carbonyl (C=O) groups is 2. The number of fused-ring (bicyclic) bond motifs is 1. The maximum atomic E-state index is 12.8. The van der Waals surface area contributed by atoms with Crippen LogP contribution in [0.5, 0.6) is 11.5 Å². The van der Waals surface area contributed by atoms with E-state index in [0.29, 0.717) is 36.1 Å². The van der Waals surface area contributed by atoms with E-state index < -0.39 is 12.0 Å². The van der Waals surface area contributed by atoms with E-state index in [0.717, 1.165) is 15.6 Å². The second kappa shape index (κ2) is 8.73. The third kappa shape index (κ3) is 3.96. The van der Waals surface area contributed by atoms with Crippen molar-refractivity contribution in [2.75, 3.05) is 33.4 Å². The number of hydrogen-bond donors (Lipinski definition) is 1. The van der Waals surface area contributed by atoms with Gasteiger partial charge in [-0.25, -0.2) is 0 Å². The number of thiophene rings is 1. The Labute approximate surface area is 177 Å². The molecule has 1 aliphatic rings. The molecule has 1 fully saturated rings. The molecule has 2 heterocycles. The fourth-order valence-electron chi connectivity index (χ4n) is 3.59. The lowest BCUT2D eigenvalue weighted by molar-refractivity contribution is -0.141. The lowest BCUT2D eigenvalue weighted by Crippen LogP contribution is -2.44. The van der Waals surface area contributed by atoms with E-state index >= 15 is 0 Å². The minimum atomic E-state index is -0.488. The molecule has 7 nitrogen and oxygen atoms in total. The highest BCUT2D eigenvalue weighted by Crippen LogP contribution is 2.38. The fraction of sp³-hybridized carbons (Fsp3) is 0.273. The van der Waals surface area contributed by atoms with Gasteiger partial charge in [0.25, 0.3) is 11.8 Å². The summed E-state index contributed by atoms with van der Waals surface area (Å²) in [6.07, 6.45) is -0.424. The second-order valence-corrected chi connectivity index (χ2v) is 7.90. The number of benzene rings is 2. The number of morpholine rings is 1. The molecule has 0 aliphatic carbocycles. The van der Waals surface area contributed by atoms with E-state index in [9.17, 15) is 9.59 Å². The first-order valence-electron chi connectivity index (χ1n) is 9.55. The van der Waals surface area contributed by atoms with Crippen LogP contribution in [0.15, 0.2) is 48.5 Å². The zero-order valence-corrected chi connectivity index (χ0v) is 17.3. The predicted octanol–water partition coefficient (Wildman–Crippen LogP) is 2.99. The predicted molar refractivity (Wildman–Crippen MR) is 114 cm³/mol. The summed E-state index contributed by atoms with van der Waals surface area (Å²) < 4.78 is 17.8. The van der Waals surface area contributed by atoms with Crippen molar-refractivity contribution in [3.63, 3.8) is 0 Å². The molecular weight excluding hydrogens is 404 g/mol. The number of primary amides is 1. The topological polar surface area (TPSA) is 91.1 Å². The number of nitrogens with two attached hydrogens (primary N) is 1. The molecule has 0 spiro atoms. The highest BCUT2D eigenvalue weighted by molar-refractivity contribution is 7.21. The summed E-state index contributed by atoms with van der Waals surface area (Å²) in [6, 6.07) is 14.9. The number of rotatable bonds is 6. The maximum absolute atomic E-state index is 12.8. The molecule has 30 heavy (non-hydrogen) atoms. The Morgan fingerprint density at radius 2 is 1.90 bits per heavy atom. The van der Waals surface area contributed by atoms with Gasteiger partial charge >= 0.3 is 0 Å². The molecule has 0 saturated carbocycles. The first kappa shape index (κ1) is 20.2. The molecule has 4 rings (SSSR count). The van der Waals surface area contributed by atoms with Gasteiger partial charge in [-0.15, -0.1) is 11.3 Å². The van der Waals surface area contributed by atoms with Crippen LogP contribution in [-0.4, -0.2) is 50.1 Å². The fourth-order valence-corrected chi connectivity index (χ4v) is 4.69. The standard InChI is InChI=1S/C22H22N2O5S/c1-27-15-7-3-4-8-16(15)29-13-19(25)24-10-11-28-17(12-24)20-14-6-2-5-9-18(14)30-21(20)22(23)26/h2-9,17H,10-13H2,1H3,(H2,23,26)/t17-/m1/s1. The normalized spacial score (nSPS) is 16.4. The van der Waals surface area contributed by atoms with Gasteiger partial charge in [-0.2, -0.15) is 0 Å². The summed E-state index contributed by atoms with van der Waals surface area (Å²) in [5.74, 6) is 0.436. The highest BCUT2D eigenvalue weighted by atomic mass is 32.1. The molecule has 0 unspecified atom stereocenters. The van der Waals surface area contributed by atoms with Crippen LogP contribution in [0.25, 0.3) is 10.1 Å². The quantitative estimate of drug-likeness (QED) is 0.654. The van der Waals surface area contributed by atoms with Crippen LogP contribution in [0.1, 0.15) is 21.3 Å². The highest BCUT2D eigenvalue weighted by Gasteiger charge is 2.31. The Kier molecular flexibility index (Phi) is 5.87. The van der Waals surface area contributed by atoms with Crippen LogP contribution >= 0.6 is 11.3 Å². The first-order valence-corrected chi connectivity index (χ1v) is 10.4.